The van der Waals surface area contributed by atoms with Crippen molar-refractivity contribution in [3.8, 4) is 11.8 Å². The molecule has 100 valence electrons. The molecule has 20 heavy (non-hydrogen) atoms. The van der Waals surface area contributed by atoms with Gasteiger partial charge in [-0.25, -0.2) is 4.79 Å². The van der Waals surface area contributed by atoms with Crippen LogP contribution in [0.2, 0.25) is 0 Å². The Hall–Kier alpha value is -2.80. The van der Waals surface area contributed by atoms with Gasteiger partial charge in [-0.1, -0.05) is 36.4 Å². The summed E-state index contributed by atoms with van der Waals surface area (Å²) in [5.41, 5.74) is 1.65. The van der Waals surface area contributed by atoms with Gasteiger partial charge < -0.3 is 9.84 Å². The highest BCUT2D eigenvalue weighted by atomic mass is 16.5. The van der Waals surface area contributed by atoms with Gasteiger partial charge >= 0.3 is 5.97 Å². The highest BCUT2D eigenvalue weighted by molar-refractivity contribution is 5.94. The topological polar surface area (TPSA) is 70.3 Å². The third kappa shape index (κ3) is 2.78. The first-order valence-corrected chi connectivity index (χ1v) is 6.07. The number of rotatable bonds is 4. The Labute approximate surface area is 116 Å². The SMILES string of the molecule is Cc1ccc(C#N)c(C(=O)O)c1OCc1ccccc1. The number of carboxylic acid groups (broad SMARTS) is 1. The van der Waals surface area contributed by atoms with Crippen LogP contribution in [0.4, 0.5) is 0 Å². The van der Waals surface area contributed by atoms with E-state index in [2.05, 4.69) is 0 Å². The summed E-state index contributed by atoms with van der Waals surface area (Å²) in [5, 5.41) is 18.3. The van der Waals surface area contributed by atoms with Gasteiger partial charge in [0, 0.05) is 0 Å². The van der Waals surface area contributed by atoms with E-state index in [1.165, 1.54) is 6.07 Å². The molecule has 0 unspecified atom stereocenters. The number of hydrogen-bond donors (Lipinski definition) is 1. The second-order valence-corrected chi connectivity index (χ2v) is 4.33. The number of aromatic carboxylic acids is 1. The van der Waals surface area contributed by atoms with Crippen LogP contribution < -0.4 is 4.74 Å². The maximum Gasteiger partial charge on any atom is 0.340 e. The molecule has 0 saturated heterocycles. The monoisotopic (exact) mass is 267 g/mol. The molecule has 4 nitrogen and oxygen atoms in total. The van der Waals surface area contributed by atoms with Gasteiger partial charge in [0.15, 0.2) is 0 Å². The Kier molecular flexibility index (Phi) is 4.02. The molecule has 0 aromatic heterocycles. The molecule has 0 saturated carbocycles. The molecular weight excluding hydrogens is 254 g/mol. The van der Waals surface area contributed by atoms with E-state index in [0.29, 0.717) is 5.56 Å². The number of aryl methyl sites for hydroxylation is 1. The predicted molar refractivity (Wildman–Crippen MR) is 73.6 cm³/mol. The summed E-state index contributed by atoms with van der Waals surface area (Å²) >= 11 is 0. The summed E-state index contributed by atoms with van der Waals surface area (Å²) < 4.78 is 5.63. The first-order valence-electron chi connectivity index (χ1n) is 6.07. The highest BCUT2D eigenvalue weighted by Gasteiger charge is 2.19. The van der Waals surface area contributed by atoms with Crippen molar-refractivity contribution >= 4 is 5.97 Å². The summed E-state index contributed by atoms with van der Waals surface area (Å²) in [4.78, 5) is 11.3. The molecule has 2 aromatic carbocycles. The molecule has 0 heterocycles. The number of carboxylic acids is 1. The van der Waals surface area contributed by atoms with Gasteiger partial charge in [-0.3, -0.25) is 0 Å². The van der Waals surface area contributed by atoms with E-state index < -0.39 is 5.97 Å². The molecular formula is C16H13NO3. The zero-order chi connectivity index (χ0) is 14.5. The van der Waals surface area contributed by atoms with Crippen LogP contribution in [0, 0.1) is 18.3 Å². The van der Waals surface area contributed by atoms with Crippen molar-refractivity contribution in [2.45, 2.75) is 13.5 Å². The maximum absolute atomic E-state index is 11.3. The van der Waals surface area contributed by atoms with Gasteiger partial charge in [-0.2, -0.15) is 5.26 Å². The fourth-order valence-electron chi connectivity index (χ4n) is 1.91. The standard InChI is InChI=1S/C16H13NO3/c1-11-7-8-13(9-17)14(16(18)19)15(11)20-10-12-5-3-2-4-6-12/h2-8H,10H2,1H3,(H,18,19). The molecule has 2 rings (SSSR count). The van der Waals surface area contributed by atoms with E-state index in [0.717, 1.165) is 5.56 Å². The van der Waals surface area contributed by atoms with Crippen molar-refractivity contribution in [2.24, 2.45) is 0 Å². The Balaban J connectivity index is 2.36. The maximum atomic E-state index is 11.3. The second kappa shape index (κ2) is 5.89. The van der Waals surface area contributed by atoms with E-state index in [4.69, 9.17) is 10.00 Å². The largest absolute Gasteiger partial charge is 0.488 e. The third-order valence-corrected chi connectivity index (χ3v) is 2.91. The molecule has 0 aliphatic carbocycles. The molecule has 2 aromatic rings. The molecule has 0 atom stereocenters. The van der Waals surface area contributed by atoms with Crippen molar-refractivity contribution in [1.29, 1.82) is 5.26 Å². The smallest absolute Gasteiger partial charge is 0.340 e. The first kappa shape index (κ1) is 13.6. The first-order chi connectivity index (χ1) is 9.63. The van der Waals surface area contributed by atoms with Crippen LogP contribution in [0.3, 0.4) is 0 Å². The average molecular weight is 267 g/mol. The fraction of sp³-hybridized carbons (Fsp3) is 0.125. The van der Waals surface area contributed by atoms with Crippen LogP contribution in [0.15, 0.2) is 42.5 Å². The molecule has 0 spiro atoms. The second-order valence-electron chi connectivity index (χ2n) is 4.33. The molecule has 0 radical (unpaired) electrons. The van der Waals surface area contributed by atoms with Crippen molar-refractivity contribution in [2.75, 3.05) is 0 Å². The highest BCUT2D eigenvalue weighted by Crippen LogP contribution is 2.27. The van der Waals surface area contributed by atoms with E-state index in [9.17, 15) is 9.90 Å². The summed E-state index contributed by atoms with van der Waals surface area (Å²) in [6.07, 6.45) is 0. The fourth-order valence-corrected chi connectivity index (χ4v) is 1.91. The third-order valence-electron chi connectivity index (χ3n) is 2.91. The van der Waals surface area contributed by atoms with Crippen molar-refractivity contribution in [3.05, 3.63) is 64.7 Å². The summed E-state index contributed by atoms with van der Waals surface area (Å²) in [5.74, 6) is -0.909. The minimum Gasteiger partial charge on any atom is -0.488 e. The molecule has 1 N–H and O–H groups in total. The Morgan fingerprint density at radius 3 is 2.55 bits per heavy atom. The van der Waals surface area contributed by atoms with Gasteiger partial charge in [0.25, 0.3) is 0 Å². The quantitative estimate of drug-likeness (QED) is 0.923. The van der Waals surface area contributed by atoms with Crippen LogP contribution in [-0.2, 0) is 6.61 Å². The normalized spacial score (nSPS) is 9.80. The molecule has 0 amide bonds. The number of hydrogen-bond acceptors (Lipinski definition) is 3. The Morgan fingerprint density at radius 2 is 1.95 bits per heavy atom. The van der Waals surface area contributed by atoms with Gasteiger partial charge in [-0.05, 0) is 24.1 Å². The van der Waals surface area contributed by atoms with E-state index in [1.54, 1.807) is 13.0 Å². The van der Waals surface area contributed by atoms with Gasteiger partial charge in [0.05, 0.1) is 5.56 Å². The lowest BCUT2D eigenvalue weighted by Gasteiger charge is -2.13. The summed E-state index contributed by atoms with van der Waals surface area (Å²) in [6, 6.07) is 14.5. The van der Waals surface area contributed by atoms with E-state index >= 15 is 0 Å². The number of nitriles is 1. The lowest BCUT2D eigenvalue weighted by atomic mass is 10.0. The summed E-state index contributed by atoms with van der Waals surface area (Å²) in [6.45, 7) is 2.02. The van der Waals surface area contributed by atoms with E-state index in [1.807, 2.05) is 36.4 Å². The lowest BCUT2D eigenvalue weighted by Crippen LogP contribution is -2.07. The average Bonchev–Trinajstić information content (AvgIpc) is 2.46. The van der Waals surface area contributed by atoms with Crippen LogP contribution in [0.25, 0.3) is 0 Å². The summed E-state index contributed by atoms with van der Waals surface area (Å²) in [7, 11) is 0. The minimum absolute atomic E-state index is 0.0802. The lowest BCUT2D eigenvalue weighted by molar-refractivity contribution is 0.0691. The van der Waals surface area contributed by atoms with Crippen molar-refractivity contribution < 1.29 is 14.6 Å². The number of carbonyl (C=O) groups is 1. The van der Waals surface area contributed by atoms with Crippen LogP contribution in [-0.4, -0.2) is 11.1 Å². The molecule has 0 aliphatic rings. The van der Waals surface area contributed by atoms with Crippen LogP contribution in [0.1, 0.15) is 27.0 Å². The zero-order valence-electron chi connectivity index (χ0n) is 11.0. The zero-order valence-corrected chi connectivity index (χ0v) is 11.0. The number of nitrogens with zero attached hydrogens (tertiary/aromatic N) is 1. The van der Waals surface area contributed by atoms with Crippen molar-refractivity contribution in [3.63, 3.8) is 0 Å². The Bertz CT molecular complexity index is 672. The number of benzene rings is 2. The molecule has 0 fully saturated rings. The minimum atomic E-state index is -1.16. The number of ether oxygens (including phenoxy) is 1. The predicted octanol–water partition coefficient (Wildman–Crippen LogP) is 3.14. The van der Waals surface area contributed by atoms with E-state index in [-0.39, 0.29) is 23.5 Å². The molecule has 0 bridgehead atoms. The Morgan fingerprint density at radius 1 is 1.25 bits per heavy atom. The van der Waals surface area contributed by atoms with Crippen LogP contribution in [0.5, 0.6) is 5.75 Å². The van der Waals surface area contributed by atoms with Crippen molar-refractivity contribution in [1.82, 2.24) is 0 Å². The van der Waals surface area contributed by atoms with Gasteiger partial charge in [0.2, 0.25) is 0 Å². The molecule has 4 heteroatoms. The van der Waals surface area contributed by atoms with Crippen LogP contribution >= 0.6 is 0 Å². The van der Waals surface area contributed by atoms with Gasteiger partial charge in [0.1, 0.15) is 24.0 Å². The molecule has 0 aliphatic heterocycles. The van der Waals surface area contributed by atoms with Gasteiger partial charge in [-0.15, -0.1) is 0 Å².